The molecule has 0 aromatic carbocycles. The monoisotopic (exact) mass is 233 g/mol. The lowest BCUT2D eigenvalue weighted by atomic mass is 10.2. The molecule has 0 fully saturated rings. The molecule has 1 N–H and O–H groups in total. The molecule has 0 saturated carbocycles. The molecule has 1 aliphatic rings. The zero-order valence-electron chi connectivity index (χ0n) is 7.73. The van der Waals surface area contributed by atoms with Crippen molar-refractivity contribution in [1.29, 1.82) is 0 Å². The summed E-state index contributed by atoms with van der Waals surface area (Å²) < 4.78 is 1.16. The number of anilines is 1. The zero-order valence-corrected chi connectivity index (χ0v) is 9.36. The minimum Gasteiger partial charge on any atom is -0.340 e. The van der Waals surface area contributed by atoms with Crippen LogP contribution in [0.25, 0.3) is 10.1 Å². The standard InChI is InChI=1S/C10H7N3S2/c14-9-5-12-3-7-6-1-2-11-4-8(6)15-10(7)13-9/h1-4H,5H2,(H,13,14). The second-order valence-electron chi connectivity index (χ2n) is 3.23. The van der Waals surface area contributed by atoms with E-state index in [1.54, 1.807) is 17.5 Å². The van der Waals surface area contributed by atoms with Crippen LogP contribution in [-0.2, 0) is 0 Å². The topological polar surface area (TPSA) is 37.3 Å². The molecule has 0 saturated heterocycles. The van der Waals surface area contributed by atoms with Gasteiger partial charge in [-0.2, -0.15) is 0 Å². The Hall–Kier alpha value is -1.33. The van der Waals surface area contributed by atoms with E-state index in [0.29, 0.717) is 6.54 Å². The van der Waals surface area contributed by atoms with Gasteiger partial charge < -0.3 is 5.32 Å². The van der Waals surface area contributed by atoms with Gasteiger partial charge in [-0.1, -0.05) is 12.2 Å². The molecule has 2 aromatic rings. The van der Waals surface area contributed by atoms with Crippen LogP contribution in [0.5, 0.6) is 0 Å². The summed E-state index contributed by atoms with van der Waals surface area (Å²) in [4.78, 5) is 9.15. The lowest BCUT2D eigenvalue weighted by Gasteiger charge is -1.99. The van der Waals surface area contributed by atoms with Crippen LogP contribution in [0.3, 0.4) is 0 Å². The Morgan fingerprint density at radius 1 is 1.47 bits per heavy atom. The summed E-state index contributed by atoms with van der Waals surface area (Å²) >= 11 is 6.80. The molecule has 3 rings (SSSR count). The largest absolute Gasteiger partial charge is 0.340 e. The first-order chi connectivity index (χ1) is 7.34. The van der Waals surface area contributed by atoms with Gasteiger partial charge in [-0.25, -0.2) is 0 Å². The maximum absolute atomic E-state index is 5.14. The van der Waals surface area contributed by atoms with E-state index < -0.39 is 0 Å². The van der Waals surface area contributed by atoms with Gasteiger partial charge in [-0.15, -0.1) is 11.3 Å². The normalized spacial score (nSPS) is 14.8. The molecule has 0 amide bonds. The number of nitrogens with zero attached hydrogens (tertiary/aromatic N) is 2. The second kappa shape index (κ2) is 3.36. The quantitative estimate of drug-likeness (QED) is 0.710. The van der Waals surface area contributed by atoms with Gasteiger partial charge in [0.15, 0.2) is 0 Å². The number of thiocarbonyl (C=S) groups is 1. The van der Waals surface area contributed by atoms with Gasteiger partial charge in [0.05, 0.1) is 11.2 Å². The van der Waals surface area contributed by atoms with Crippen molar-refractivity contribution in [2.75, 3.05) is 11.9 Å². The van der Waals surface area contributed by atoms with Gasteiger partial charge in [0.1, 0.15) is 9.99 Å². The number of nitrogens with one attached hydrogen (secondary N) is 1. The molecule has 3 heterocycles. The van der Waals surface area contributed by atoms with Gasteiger partial charge in [0, 0.05) is 29.6 Å². The highest BCUT2D eigenvalue weighted by molar-refractivity contribution is 7.80. The molecule has 74 valence electrons. The number of hydrogen-bond donors (Lipinski definition) is 1. The first kappa shape index (κ1) is 8.94. The van der Waals surface area contributed by atoms with Crippen LogP contribution in [-0.4, -0.2) is 22.7 Å². The maximum Gasteiger partial charge on any atom is 0.103 e. The van der Waals surface area contributed by atoms with Gasteiger partial charge in [-0.3, -0.25) is 9.98 Å². The zero-order chi connectivity index (χ0) is 10.3. The maximum atomic E-state index is 5.14. The van der Waals surface area contributed by atoms with Gasteiger partial charge >= 0.3 is 0 Å². The van der Waals surface area contributed by atoms with Crippen LogP contribution in [0.4, 0.5) is 5.00 Å². The number of rotatable bonds is 0. The number of aliphatic imine (C=N–C) groups is 1. The van der Waals surface area contributed by atoms with E-state index in [0.717, 1.165) is 20.3 Å². The molecule has 0 aliphatic carbocycles. The molecule has 0 spiro atoms. The number of thiophene rings is 1. The molecule has 0 radical (unpaired) electrons. The second-order valence-corrected chi connectivity index (χ2v) is 4.78. The Kier molecular flexibility index (Phi) is 2.00. The first-order valence-corrected chi connectivity index (χ1v) is 5.73. The van der Waals surface area contributed by atoms with Crippen molar-refractivity contribution in [1.82, 2.24) is 4.98 Å². The molecule has 0 bridgehead atoms. The van der Waals surface area contributed by atoms with Crippen molar-refractivity contribution >= 4 is 49.8 Å². The van der Waals surface area contributed by atoms with Crippen LogP contribution in [0, 0.1) is 0 Å². The molecule has 2 aromatic heterocycles. The lowest BCUT2D eigenvalue weighted by molar-refractivity contribution is 1.34. The Bertz CT molecular complexity index is 571. The smallest absolute Gasteiger partial charge is 0.103 e. The van der Waals surface area contributed by atoms with Crippen molar-refractivity contribution in [3.8, 4) is 0 Å². The first-order valence-electron chi connectivity index (χ1n) is 4.51. The summed E-state index contributed by atoms with van der Waals surface area (Å²) in [5.74, 6) is 0. The van der Waals surface area contributed by atoms with E-state index in [2.05, 4.69) is 15.3 Å². The minimum atomic E-state index is 0.573. The highest BCUT2D eigenvalue weighted by Gasteiger charge is 2.13. The fraction of sp³-hybridized carbons (Fsp3) is 0.100. The SMILES string of the molecule is S=C1CN=Cc2c(sc3cnccc23)N1. The van der Waals surface area contributed by atoms with E-state index in [1.165, 1.54) is 5.39 Å². The summed E-state index contributed by atoms with van der Waals surface area (Å²) in [5, 5.41) is 5.47. The van der Waals surface area contributed by atoms with Crippen LogP contribution >= 0.6 is 23.6 Å². The fourth-order valence-corrected chi connectivity index (χ4v) is 2.89. The molecule has 0 unspecified atom stereocenters. The van der Waals surface area contributed by atoms with E-state index in [1.807, 2.05) is 18.5 Å². The van der Waals surface area contributed by atoms with Crippen molar-refractivity contribution in [2.24, 2.45) is 4.99 Å². The Morgan fingerprint density at radius 2 is 2.40 bits per heavy atom. The average Bonchev–Trinajstić information content (AvgIpc) is 2.46. The predicted octanol–water partition coefficient (Wildman–Crippen LogP) is 2.47. The highest BCUT2D eigenvalue weighted by Crippen LogP contribution is 2.34. The summed E-state index contributed by atoms with van der Waals surface area (Å²) in [6, 6.07) is 2.01. The summed E-state index contributed by atoms with van der Waals surface area (Å²) in [7, 11) is 0. The summed E-state index contributed by atoms with van der Waals surface area (Å²) in [5.41, 5.74) is 1.12. The summed E-state index contributed by atoms with van der Waals surface area (Å²) in [6.45, 7) is 0.573. The van der Waals surface area contributed by atoms with Crippen LogP contribution in [0.2, 0.25) is 0 Å². The van der Waals surface area contributed by atoms with Gasteiger partial charge in [0.25, 0.3) is 0 Å². The van der Waals surface area contributed by atoms with Crippen LogP contribution in [0.15, 0.2) is 23.5 Å². The number of pyridine rings is 1. The van der Waals surface area contributed by atoms with Crippen molar-refractivity contribution in [3.05, 3.63) is 24.0 Å². The van der Waals surface area contributed by atoms with Gasteiger partial charge in [-0.05, 0) is 6.07 Å². The van der Waals surface area contributed by atoms with Crippen molar-refractivity contribution in [3.63, 3.8) is 0 Å². The third-order valence-corrected chi connectivity index (χ3v) is 3.54. The fourth-order valence-electron chi connectivity index (χ4n) is 1.58. The van der Waals surface area contributed by atoms with Crippen LogP contribution in [0.1, 0.15) is 5.56 Å². The van der Waals surface area contributed by atoms with Crippen molar-refractivity contribution < 1.29 is 0 Å². The molecule has 15 heavy (non-hydrogen) atoms. The Labute approximate surface area is 95.9 Å². The lowest BCUT2D eigenvalue weighted by Crippen LogP contribution is -2.09. The van der Waals surface area contributed by atoms with Gasteiger partial charge in [0.2, 0.25) is 0 Å². The van der Waals surface area contributed by atoms with E-state index >= 15 is 0 Å². The number of hydrogen-bond acceptors (Lipinski definition) is 4. The Morgan fingerprint density at radius 3 is 3.33 bits per heavy atom. The minimum absolute atomic E-state index is 0.573. The third kappa shape index (κ3) is 1.44. The van der Waals surface area contributed by atoms with Crippen molar-refractivity contribution in [2.45, 2.75) is 0 Å². The molecule has 1 aliphatic heterocycles. The molecule has 5 heteroatoms. The van der Waals surface area contributed by atoms with E-state index in [-0.39, 0.29) is 0 Å². The average molecular weight is 233 g/mol. The third-order valence-electron chi connectivity index (χ3n) is 2.24. The van der Waals surface area contributed by atoms with E-state index in [4.69, 9.17) is 12.2 Å². The molecular formula is C10H7N3S2. The van der Waals surface area contributed by atoms with E-state index in [9.17, 15) is 0 Å². The van der Waals surface area contributed by atoms with Crippen LogP contribution < -0.4 is 5.32 Å². The molecular weight excluding hydrogens is 226 g/mol. The molecule has 3 nitrogen and oxygen atoms in total. The predicted molar refractivity (Wildman–Crippen MR) is 68.3 cm³/mol. The molecule has 0 atom stereocenters. The number of aromatic nitrogens is 1. The Balaban J connectivity index is 2.31. The number of fused-ring (bicyclic) bond motifs is 3. The highest BCUT2D eigenvalue weighted by atomic mass is 32.1. The summed E-state index contributed by atoms with van der Waals surface area (Å²) in [6.07, 6.45) is 5.56.